The van der Waals surface area contributed by atoms with E-state index < -0.39 is 21.7 Å². The number of carbonyl (C=O) groups is 1. The molecule has 0 atom stereocenters. The average Bonchev–Trinajstić information content (AvgIpc) is 2.61. The summed E-state index contributed by atoms with van der Waals surface area (Å²) in [4.78, 5) is 11.8. The molecule has 0 unspecified atom stereocenters. The van der Waals surface area contributed by atoms with Gasteiger partial charge >= 0.3 is 10.1 Å². The van der Waals surface area contributed by atoms with Crippen molar-refractivity contribution in [3.63, 3.8) is 0 Å². The molecule has 2 aromatic carbocycles. The summed E-state index contributed by atoms with van der Waals surface area (Å²) in [6.45, 7) is 1.98. The van der Waals surface area contributed by atoms with E-state index in [0.29, 0.717) is 0 Å². The Kier molecular flexibility index (Phi) is 5.87. The highest BCUT2D eigenvalue weighted by Gasteiger charge is 2.18. The Morgan fingerprint density at radius 2 is 1.80 bits per heavy atom. The van der Waals surface area contributed by atoms with Gasteiger partial charge in [0.05, 0.1) is 0 Å². The van der Waals surface area contributed by atoms with E-state index in [1.165, 1.54) is 18.2 Å². The van der Waals surface area contributed by atoms with Gasteiger partial charge in [-0.25, -0.2) is 0 Å². The highest BCUT2D eigenvalue weighted by atomic mass is 32.2. The van der Waals surface area contributed by atoms with Crippen molar-refractivity contribution < 1.29 is 17.5 Å². The first-order chi connectivity index (χ1) is 11.9. The molecule has 2 aromatic rings. The van der Waals surface area contributed by atoms with Crippen molar-refractivity contribution in [3.05, 3.63) is 65.7 Å². The van der Waals surface area contributed by atoms with Gasteiger partial charge in [-0.15, -0.1) is 0 Å². The number of amides is 1. The van der Waals surface area contributed by atoms with Crippen LogP contribution in [0.3, 0.4) is 0 Å². The standard InChI is InChI=1S/C17H15N3O4S/c1-13-7-9-15(10-8-13)25(22,23)24-20-16(11-18)17(21)19-12-14-5-3-2-4-6-14/h2-10H,12H2,1H3,(H,19,21)/b20-16+. The van der Waals surface area contributed by atoms with Crippen LogP contribution >= 0.6 is 0 Å². The zero-order valence-corrected chi connectivity index (χ0v) is 14.2. The molecule has 0 radical (unpaired) electrons. The molecule has 0 saturated carbocycles. The van der Waals surface area contributed by atoms with Gasteiger partial charge in [-0.3, -0.25) is 9.08 Å². The zero-order chi connectivity index (χ0) is 18.3. The summed E-state index contributed by atoms with van der Waals surface area (Å²) in [5.74, 6) is -0.828. The Morgan fingerprint density at radius 3 is 2.40 bits per heavy atom. The lowest BCUT2D eigenvalue weighted by Gasteiger charge is -2.04. The molecular formula is C17H15N3O4S. The fraction of sp³-hybridized carbons (Fsp3) is 0.118. The van der Waals surface area contributed by atoms with Crippen molar-refractivity contribution in [2.75, 3.05) is 0 Å². The van der Waals surface area contributed by atoms with E-state index in [2.05, 4.69) is 14.8 Å². The van der Waals surface area contributed by atoms with Crippen LogP contribution in [0.5, 0.6) is 0 Å². The number of hydrogen-bond acceptors (Lipinski definition) is 6. The van der Waals surface area contributed by atoms with Crippen LogP contribution in [-0.4, -0.2) is 20.0 Å². The van der Waals surface area contributed by atoms with Crippen molar-refractivity contribution >= 4 is 21.7 Å². The van der Waals surface area contributed by atoms with Crippen LogP contribution in [0.2, 0.25) is 0 Å². The molecule has 8 heteroatoms. The molecule has 0 bridgehead atoms. The number of nitrogens with zero attached hydrogens (tertiary/aromatic N) is 2. The molecule has 0 aromatic heterocycles. The molecule has 0 aliphatic rings. The molecule has 0 saturated heterocycles. The normalized spacial score (nSPS) is 11.4. The van der Waals surface area contributed by atoms with E-state index in [1.807, 2.05) is 6.07 Å². The van der Waals surface area contributed by atoms with Gasteiger partial charge in [-0.05, 0) is 29.8 Å². The van der Waals surface area contributed by atoms with Crippen molar-refractivity contribution in [1.29, 1.82) is 5.26 Å². The largest absolute Gasteiger partial charge is 0.358 e. The van der Waals surface area contributed by atoms with Crippen LogP contribution in [0.25, 0.3) is 0 Å². The van der Waals surface area contributed by atoms with E-state index in [0.717, 1.165) is 11.1 Å². The number of rotatable bonds is 6. The van der Waals surface area contributed by atoms with Crippen molar-refractivity contribution in [3.8, 4) is 6.07 Å². The second-order valence-corrected chi connectivity index (χ2v) is 6.59. The van der Waals surface area contributed by atoms with E-state index in [9.17, 15) is 13.2 Å². The van der Waals surface area contributed by atoms with Gasteiger partial charge in [-0.1, -0.05) is 48.0 Å². The summed E-state index contributed by atoms with van der Waals surface area (Å²) >= 11 is 0. The summed E-state index contributed by atoms with van der Waals surface area (Å²) in [6, 6.07) is 16.4. The second-order valence-electron chi connectivity index (χ2n) is 5.06. The van der Waals surface area contributed by atoms with Gasteiger partial charge in [0.25, 0.3) is 5.91 Å². The zero-order valence-electron chi connectivity index (χ0n) is 13.3. The Balaban J connectivity index is 2.05. The quantitative estimate of drug-likeness (QED) is 0.627. The van der Waals surface area contributed by atoms with Gasteiger partial charge in [-0.2, -0.15) is 13.7 Å². The second kappa shape index (κ2) is 8.08. The average molecular weight is 357 g/mol. The summed E-state index contributed by atoms with van der Waals surface area (Å²) in [7, 11) is -4.20. The molecule has 0 spiro atoms. The molecule has 0 aliphatic heterocycles. The number of carbonyl (C=O) groups excluding carboxylic acids is 1. The number of nitriles is 1. The first-order valence-electron chi connectivity index (χ1n) is 7.23. The molecule has 0 aliphatic carbocycles. The summed E-state index contributed by atoms with van der Waals surface area (Å²) in [6.07, 6.45) is 0. The lowest BCUT2D eigenvalue weighted by molar-refractivity contribution is -0.114. The number of hydrogen-bond donors (Lipinski definition) is 1. The van der Waals surface area contributed by atoms with Crippen molar-refractivity contribution in [2.45, 2.75) is 18.4 Å². The number of oxime groups is 1. The third kappa shape index (κ3) is 5.16. The topological polar surface area (TPSA) is 109 Å². The number of benzene rings is 2. The minimum atomic E-state index is -4.20. The fourth-order valence-corrected chi connectivity index (χ4v) is 2.54. The smallest absolute Gasteiger partial charge is 0.346 e. The number of aryl methyl sites for hydroxylation is 1. The van der Waals surface area contributed by atoms with Crippen LogP contribution in [0, 0.1) is 18.3 Å². The molecule has 2 rings (SSSR count). The maximum Gasteiger partial charge on any atom is 0.358 e. The Hall–Kier alpha value is -3.18. The molecule has 128 valence electrons. The maximum absolute atomic E-state index is 12.0. The highest BCUT2D eigenvalue weighted by molar-refractivity contribution is 7.86. The summed E-state index contributed by atoms with van der Waals surface area (Å²) in [5, 5.41) is 14.6. The lowest BCUT2D eigenvalue weighted by Crippen LogP contribution is -2.30. The highest BCUT2D eigenvalue weighted by Crippen LogP contribution is 2.13. The van der Waals surface area contributed by atoms with Crippen LogP contribution in [0.15, 0.2) is 64.6 Å². The SMILES string of the molecule is Cc1ccc(S(=O)(=O)O/N=C(\C#N)C(=O)NCc2ccccc2)cc1. The van der Waals surface area contributed by atoms with Crippen LogP contribution < -0.4 is 5.32 Å². The third-order valence-electron chi connectivity index (χ3n) is 3.15. The first kappa shape index (κ1) is 18.2. The molecule has 1 amide bonds. The predicted molar refractivity (Wildman–Crippen MR) is 90.8 cm³/mol. The van der Waals surface area contributed by atoms with Crippen LogP contribution in [-0.2, 0) is 25.7 Å². The summed E-state index contributed by atoms with van der Waals surface area (Å²) < 4.78 is 28.4. The van der Waals surface area contributed by atoms with E-state index in [1.54, 1.807) is 43.3 Å². The minimum Gasteiger partial charge on any atom is -0.346 e. The Morgan fingerprint density at radius 1 is 1.16 bits per heavy atom. The van der Waals surface area contributed by atoms with Gasteiger partial charge in [0, 0.05) is 6.54 Å². The van der Waals surface area contributed by atoms with Gasteiger partial charge in [0.15, 0.2) is 0 Å². The van der Waals surface area contributed by atoms with Crippen LogP contribution in [0.1, 0.15) is 11.1 Å². The minimum absolute atomic E-state index is 0.121. The van der Waals surface area contributed by atoms with Crippen molar-refractivity contribution in [2.24, 2.45) is 5.16 Å². The monoisotopic (exact) mass is 357 g/mol. The fourth-order valence-electron chi connectivity index (χ4n) is 1.81. The molecular weight excluding hydrogens is 342 g/mol. The van der Waals surface area contributed by atoms with Crippen LogP contribution in [0.4, 0.5) is 0 Å². The van der Waals surface area contributed by atoms with Gasteiger partial charge in [0.1, 0.15) is 11.0 Å². The van der Waals surface area contributed by atoms with Gasteiger partial charge in [0.2, 0.25) is 5.71 Å². The number of nitrogens with one attached hydrogen (secondary N) is 1. The maximum atomic E-state index is 12.0. The first-order valence-corrected chi connectivity index (χ1v) is 8.64. The Bertz CT molecular complexity index is 915. The van der Waals surface area contributed by atoms with E-state index in [-0.39, 0.29) is 11.4 Å². The molecule has 1 N–H and O–H groups in total. The van der Waals surface area contributed by atoms with Crippen molar-refractivity contribution in [1.82, 2.24) is 5.32 Å². The molecule has 7 nitrogen and oxygen atoms in total. The molecule has 0 fully saturated rings. The van der Waals surface area contributed by atoms with E-state index >= 15 is 0 Å². The predicted octanol–water partition coefficient (Wildman–Crippen LogP) is 1.90. The third-order valence-corrected chi connectivity index (χ3v) is 4.27. The molecule has 25 heavy (non-hydrogen) atoms. The lowest BCUT2D eigenvalue weighted by atomic mass is 10.2. The summed E-state index contributed by atoms with van der Waals surface area (Å²) in [5.41, 5.74) is 1.01. The molecule has 0 heterocycles. The Labute approximate surface area is 145 Å². The van der Waals surface area contributed by atoms with Gasteiger partial charge < -0.3 is 5.32 Å². The van der Waals surface area contributed by atoms with E-state index in [4.69, 9.17) is 5.26 Å².